The molecule has 2 aromatic carbocycles. The van der Waals surface area contributed by atoms with Crippen LogP contribution in [0.15, 0.2) is 53.1 Å². The monoisotopic (exact) mass is 340 g/mol. The summed E-state index contributed by atoms with van der Waals surface area (Å²) in [5, 5.41) is 6.59. The van der Waals surface area contributed by atoms with E-state index in [0.29, 0.717) is 28.6 Å². The molecule has 6 nitrogen and oxygen atoms in total. The highest BCUT2D eigenvalue weighted by atomic mass is 19.1. The van der Waals surface area contributed by atoms with Crippen LogP contribution in [-0.4, -0.2) is 17.9 Å². The largest absolute Gasteiger partial charge is 0.454 e. The summed E-state index contributed by atoms with van der Waals surface area (Å²) in [6, 6.07) is 12.7. The molecule has 25 heavy (non-hydrogen) atoms. The number of carbonyl (C=O) groups is 1. The Hall–Kier alpha value is -3.35. The van der Waals surface area contributed by atoms with Gasteiger partial charge in [0.1, 0.15) is 5.82 Å². The number of halogens is 1. The zero-order valence-corrected chi connectivity index (χ0v) is 13.0. The van der Waals surface area contributed by atoms with E-state index in [4.69, 9.17) is 14.0 Å². The summed E-state index contributed by atoms with van der Waals surface area (Å²) >= 11 is 0. The predicted octanol–water partition coefficient (Wildman–Crippen LogP) is 3.39. The van der Waals surface area contributed by atoms with Crippen molar-refractivity contribution < 1.29 is 23.2 Å². The maximum atomic E-state index is 12.9. The van der Waals surface area contributed by atoms with Gasteiger partial charge in [-0.2, -0.15) is 0 Å². The van der Waals surface area contributed by atoms with Crippen molar-refractivity contribution in [1.82, 2.24) is 5.16 Å². The number of anilines is 1. The van der Waals surface area contributed by atoms with Gasteiger partial charge in [0.05, 0.1) is 12.1 Å². The van der Waals surface area contributed by atoms with Gasteiger partial charge < -0.3 is 19.3 Å². The average molecular weight is 340 g/mol. The number of hydrogen-bond acceptors (Lipinski definition) is 5. The van der Waals surface area contributed by atoms with Crippen LogP contribution in [0.2, 0.25) is 0 Å². The fraction of sp³-hybridized carbons (Fsp3) is 0.111. The van der Waals surface area contributed by atoms with E-state index in [-0.39, 0.29) is 24.9 Å². The highest BCUT2D eigenvalue weighted by Gasteiger charge is 2.16. The number of benzene rings is 2. The van der Waals surface area contributed by atoms with Crippen LogP contribution in [0.5, 0.6) is 11.5 Å². The maximum Gasteiger partial charge on any atom is 0.231 e. The van der Waals surface area contributed by atoms with Crippen molar-refractivity contribution in [3.63, 3.8) is 0 Å². The molecule has 0 bridgehead atoms. The summed E-state index contributed by atoms with van der Waals surface area (Å²) in [7, 11) is 0. The Balaban J connectivity index is 1.44. The van der Waals surface area contributed by atoms with E-state index >= 15 is 0 Å². The Morgan fingerprint density at radius 3 is 2.72 bits per heavy atom. The topological polar surface area (TPSA) is 73.6 Å². The summed E-state index contributed by atoms with van der Waals surface area (Å²) < 4.78 is 28.8. The molecule has 0 fully saturated rings. The Labute approximate surface area is 142 Å². The minimum Gasteiger partial charge on any atom is -0.454 e. The molecule has 2 heterocycles. The molecule has 3 aromatic rings. The molecule has 1 N–H and O–H groups in total. The van der Waals surface area contributed by atoms with Gasteiger partial charge in [0.2, 0.25) is 12.7 Å². The molecule has 7 heteroatoms. The van der Waals surface area contributed by atoms with E-state index in [0.717, 1.165) is 5.56 Å². The molecule has 0 saturated heterocycles. The quantitative estimate of drug-likeness (QED) is 0.788. The molecular weight excluding hydrogens is 327 g/mol. The Bertz CT molecular complexity index is 921. The lowest BCUT2D eigenvalue weighted by Crippen LogP contribution is -2.14. The molecule has 0 saturated carbocycles. The molecule has 4 rings (SSSR count). The van der Waals surface area contributed by atoms with Crippen molar-refractivity contribution >= 4 is 11.6 Å². The molecule has 1 aliphatic heterocycles. The number of ether oxygens (including phenoxy) is 2. The van der Waals surface area contributed by atoms with Crippen molar-refractivity contribution in [2.45, 2.75) is 6.42 Å². The van der Waals surface area contributed by atoms with E-state index < -0.39 is 0 Å². The normalized spacial score (nSPS) is 12.2. The fourth-order valence-corrected chi connectivity index (χ4v) is 2.48. The number of hydrogen-bond donors (Lipinski definition) is 1. The van der Waals surface area contributed by atoms with Gasteiger partial charge in [0, 0.05) is 17.3 Å². The molecule has 0 spiro atoms. The number of amides is 1. The SMILES string of the molecule is O=C(Cc1cc(-c2ccc3c(c2)OCO3)on1)Nc1ccc(F)cc1. The van der Waals surface area contributed by atoms with Gasteiger partial charge in [-0.25, -0.2) is 4.39 Å². The molecule has 0 radical (unpaired) electrons. The van der Waals surface area contributed by atoms with Crippen molar-refractivity contribution in [2.75, 3.05) is 12.1 Å². The lowest BCUT2D eigenvalue weighted by atomic mass is 10.1. The summed E-state index contributed by atoms with van der Waals surface area (Å²) in [6.07, 6.45) is 0.0471. The van der Waals surface area contributed by atoms with E-state index in [1.807, 2.05) is 6.07 Å². The molecule has 1 amide bonds. The number of carbonyl (C=O) groups excluding carboxylic acids is 1. The lowest BCUT2D eigenvalue weighted by molar-refractivity contribution is -0.115. The zero-order chi connectivity index (χ0) is 17.2. The van der Waals surface area contributed by atoms with Crippen molar-refractivity contribution in [2.24, 2.45) is 0 Å². The van der Waals surface area contributed by atoms with Gasteiger partial charge in [0.25, 0.3) is 0 Å². The van der Waals surface area contributed by atoms with E-state index in [2.05, 4.69) is 10.5 Å². The van der Waals surface area contributed by atoms with Crippen LogP contribution in [0.25, 0.3) is 11.3 Å². The molecule has 0 atom stereocenters. The first-order valence-electron chi connectivity index (χ1n) is 7.58. The van der Waals surface area contributed by atoms with Crippen LogP contribution in [-0.2, 0) is 11.2 Å². The van der Waals surface area contributed by atoms with Gasteiger partial charge in [-0.15, -0.1) is 0 Å². The summed E-state index contributed by atoms with van der Waals surface area (Å²) in [5.41, 5.74) is 1.79. The minimum atomic E-state index is -0.358. The molecule has 0 aliphatic carbocycles. The van der Waals surface area contributed by atoms with Crippen LogP contribution >= 0.6 is 0 Å². The van der Waals surface area contributed by atoms with E-state index in [9.17, 15) is 9.18 Å². The average Bonchev–Trinajstić information content (AvgIpc) is 3.25. The molecule has 1 aliphatic rings. The third-order valence-electron chi connectivity index (χ3n) is 3.69. The van der Waals surface area contributed by atoms with Gasteiger partial charge >= 0.3 is 0 Å². The highest BCUT2D eigenvalue weighted by molar-refractivity contribution is 5.92. The third-order valence-corrected chi connectivity index (χ3v) is 3.69. The minimum absolute atomic E-state index is 0.0471. The molecule has 0 unspecified atom stereocenters. The zero-order valence-electron chi connectivity index (χ0n) is 13.0. The molecule has 126 valence electrons. The van der Waals surface area contributed by atoms with Crippen LogP contribution in [0.4, 0.5) is 10.1 Å². The number of nitrogens with one attached hydrogen (secondary N) is 1. The first-order chi connectivity index (χ1) is 12.2. The first kappa shape index (κ1) is 15.2. The van der Waals surface area contributed by atoms with Crippen LogP contribution in [0.3, 0.4) is 0 Å². The van der Waals surface area contributed by atoms with E-state index in [1.165, 1.54) is 24.3 Å². The van der Waals surface area contributed by atoms with Gasteiger partial charge in [-0.3, -0.25) is 4.79 Å². The van der Waals surface area contributed by atoms with Gasteiger partial charge in [-0.1, -0.05) is 5.16 Å². The van der Waals surface area contributed by atoms with Gasteiger partial charge in [0.15, 0.2) is 17.3 Å². The number of fused-ring (bicyclic) bond motifs is 1. The summed E-state index contributed by atoms with van der Waals surface area (Å²) in [4.78, 5) is 12.0. The fourth-order valence-electron chi connectivity index (χ4n) is 2.48. The Morgan fingerprint density at radius 2 is 1.88 bits per heavy atom. The number of rotatable bonds is 4. The summed E-state index contributed by atoms with van der Waals surface area (Å²) in [6.45, 7) is 0.198. The second kappa shape index (κ2) is 6.27. The smallest absolute Gasteiger partial charge is 0.231 e. The molecule has 1 aromatic heterocycles. The maximum absolute atomic E-state index is 12.9. The first-order valence-corrected chi connectivity index (χ1v) is 7.58. The van der Waals surface area contributed by atoms with Crippen molar-refractivity contribution in [1.29, 1.82) is 0 Å². The predicted molar refractivity (Wildman–Crippen MR) is 86.8 cm³/mol. The van der Waals surface area contributed by atoms with Crippen LogP contribution < -0.4 is 14.8 Å². The third kappa shape index (κ3) is 3.30. The van der Waals surface area contributed by atoms with Crippen molar-refractivity contribution in [3.8, 4) is 22.8 Å². The van der Waals surface area contributed by atoms with Crippen molar-refractivity contribution in [3.05, 3.63) is 60.0 Å². The second-order valence-corrected chi connectivity index (χ2v) is 5.48. The van der Waals surface area contributed by atoms with E-state index in [1.54, 1.807) is 18.2 Å². The second-order valence-electron chi connectivity index (χ2n) is 5.48. The van der Waals surface area contributed by atoms with Crippen LogP contribution in [0.1, 0.15) is 5.69 Å². The van der Waals surface area contributed by atoms with Gasteiger partial charge in [-0.05, 0) is 42.5 Å². The Kier molecular flexibility index (Phi) is 3.81. The lowest BCUT2D eigenvalue weighted by Gasteiger charge is -2.03. The highest BCUT2D eigenvalue weighted by Crippen LogP contribution is 2.36. The van der Waals surface area contributed by atoms with Crippen LogP contribution in [0, 0.1) is 5.82 Å². The molecular formula is C18H13FN2O4. The summed E-state index contributed by atoms with van der Waals surface area (Å²) in [5.74, 6) is 1.23. The Morgan fingerprint density at radius 1 is 1.08 bits per heavy atom. The number of aromatic nitrogens is 1. The number of nitrogens with zero attached hydrogens (tertiary/aromatic N) is 1. The standard InChI is InChI=1S/C18H13FN2O4/c19-12-2-4-13(5-3-12)20-18(22)9-14-8-16(25-21-14)11-1-6-15-17(7-11)24-10-23-15/h1-8H,9-10H2,(H,20,22).